The van der Waals surface area contributed by atoms with E-state index in [1.165, 1.54) is 4.88 Å². The topological polar surface area (TPSA) is 74.7 Å². The van der Waals surface area contributed by atoms with Crippen molar-refractivity contribution in [2.24, 2.45) is 4.99 Å². The molecule has 1 aromatic heterocycles. The number of aryl methyl sites for hydroxylation is 1. The van der Waals surface area contributed by atoms with Crippen LogP contribution in [0.2, 0.25) is 0 Å². The minimum absolute atomic E-state index is 0.167. The van der Waals surface area contributed by atoms with E-state index in [-0.39, 0.29) is 5.75 Å². The second-order valence-electron chi connectivity index (χ2n) is 6.03. The Labute approximate surface area is 136 Å². The number of aromatic nitrogens is 1. The zero-order valence-electron chi connectivity index (χ0n) is 13.6. The molecule has 1 fully saturated rings. The third kappa shape index (κ3) is 3.78. The summed E-state index contributed by atoms with van der Waals surface area (Å²) in [4.78, 5) is 12.1. The molecule has 1 saturated heterocycles. The highest BCUT2D eigenvalue weighted by Crippen LogP contribution is 2.24. The first-order chi connectivity index (χ1) is 10.2. The number of rotatable bonds is 3. The van der Waals surface area contributed by atoms with Crippen molar-refractivity contribution in [2.45, 2.75) is 39.0 Å². The van der Waals surface area contributed by atoms with Gasteiger partial charge in [-0.3, -0.25) is 0 Å². The molecule has 0 aliphatic carbocycles. The van der Waals surface area contributed by atoms with Gasteiger partial charge in [-0.1, -0.05) is 0 Å². The lowest BCUT2D eigenvalue weighted by Gasteiger charge is -2.39. The number of nitrogens with zero attached hydrogens (tertiary/aromatic N) is 3. The second-order valence-corrected chi connectivity index (χ2v) is 10.1. The fraction of sp³-hybridized carbons (Fsp3) is 0.714. The van der Waals surface area contributed by atoms with Crippen LogP contribution in [-0.4, -0.2) is 54.4 Å². The van der Waals surface area contributed by atoms with E-state index in [1.54, 1.807) is 25.2 Å². The van der Waals surface area contributed by atoms with E-state index in [4.69, 9.17) is 0 Å². The van der Waals surface area contributed by atoms with Crippen LogP contribution in [0.1, 0.15) is 30.7 Å². The van der Waals surface area contributed by atoms with Crippen molar-refractivity contribution >= 4 is 27.1 Å². The Hall–Kier alpha value is -1.15. The van der Waals surface area contributed by atoms with Crippen LogP contribution in [0.15, 0.2) is 11.2 Å². The fourth-order valence-corrected chi connectivity index (χ4v) is 4.44. The van der Waals surface area contributed by atoms with Crippen LogP contribution in [0.25, 0.3) is 0 Å². The molecule has 0 spiro atoms. The Kier molecular flexibility index (Phi) is 5.11. The average molecular weight is 345 g/mol. The first-order valence-electron chi connectivity index (χ1n) is 7.42. The van der Waals surface area contributed by atoms with Gasteiger partial charge in [-0.15, -0.1) is 11.3 Å². The maximum atomic E-state index is 12.1. The number of thiazole rings is 1. The van der Waals surface area contributed by atoms with Gasteiger partial charge in [0.15, 0.2) is 15.8 Å². The molecule has 0 radical (unpaired) electrons. The van der Waals surface area contributed by atoms with Crippen LogP contribution < -0.4 is 5.32 Å². The SMILES string of the molecule is CCNC(=NCc1ncc(C)s1)N1CCS(=O)(=O)C(C)(C)C1. The molecule has 2 rings (SSSR count). The Bertz CT molecular complexity index is 650. The van der Waals surface area contributed by atoms with E-state index in [1.807, 2.05) is 24.9 Å². The lowest BCUT2D eigenvalue weighted by Crippen LogP contribution is -2.57. The van der Waals surface area contributed by atoms with Crippen molar-refractivity contribution in [3.05, 3.63) is 16.1 Å². The van der Waals surface area contributed by atoms with Crippen molar-refractivity contribution in [3.8, 4) is 0 Å². The monoisotopic (exact) mass is 344 g/mol. The highest BCUT2D eigenvalue weighted by molar-refractivity contribution is 7.92. The number of aliphatic imine (C=N–C) groups is 1. The summed E-state index contributed by atoms with van der Waals surface area (Å²) < 4.78 is 23.5. The molecule has 22 heavy (non-hydrogen) atoms. The third-order valence-corrected chi connectivity index (χ3v) is 7.14. The molecule has 1 aliphatic heterocycles. The smallest absolute Gasteiger partial charge is 0.194 e. The fourth-order valence-electron chi connectivity index (χ4n) is 2.37. The van der Waals surface area contributed by atoms with Crippen LogP contribution in [0.3, 0.4) is 0 Å². The van der Waals surface area contributed by atoms with Gasteiger partial charge in [-0.05, 0) is 27.7 Å². The minimum Gasteiger partial charge on any atom is -0.357 e. The van der Waals surface area contributed by atoms with E-state index < -0.39 is 14.6 Å². The maximum Gasteiger partial charge on any atom is 0.194 e. The lowest BCUT2D eigenvalue weighted by molar-refractivity contribution is 0.353. The Morgan fingerprint density at radius 3 is 2.82 bits per heavy atom. The van der Waals surface area contributed by atoms with E-state index >= 15 is 0 Å². The zero-order chi connectivity index (χ0) is 16.4. The lowest BCUT2D eigenvalue weighted by atomic mass is 10.2. The number of sulfone groups is 1. The average Bonchev–Trinajstić information content (AvgIpc) is 2.84. The summed E-state index contributed by atoms with van der Waals surface area (Å²) in [5.74, 6) is 0.930. The highest BCUT2D eigenvalue weighted by Gasteiger charge is 2.40. The predicted octanol–water partition coefficient (Wildman–Crippen LogP) is 1.43. The quantitative estimate of drug-likeness (QED) is 0.663. The molecule has 1 N–H and O–H groups in total. The molecule has 8 heteroatoms. The van der Waals surface area contributed by atoms with Crippen molar-refractivity contribution < 1.29 is 8.42 Å². The minimum atomic E-state index is -3.04. The molecular formula is C14H24N4O2S2. The summed E-state index contributed by atoms with van der Waals surface area (Å²) in [6, 6.07) is 0. The van der Waals surface area contributed by atoms with Gasteiger partial charge in [0, 0.05) is 30.7 Å². The van der Waals surface area contributed by atoms with E-state index in [0.717, 1.165) is 17.5 Å². The van der Waals surface area contributed by atoms with Gasteiger partial charge in [-0.2, -0.15) is 0 Å². The molecular weight excluding hydrogens is 320 g/mol. The number of hydrogen-bond acceptors (Lipinski definition) is 5. The summed E-state index contributed by atoms with van der Waals surface area (Å²) in [7, 11) is -3.04. The second kappa shape index (κ2) is 6.54. The number of hydrogen-bond donors (Lipinski definition) is 1. The van der Waals surface area contributed by atoms with Gasteiger partial charge in [0.25, 0.3) is 0 Å². The molecule has 124 valence electrons. The normalized spacial score (nSPS) is 20.9. The van der Waals surface area contributed by atoms with Crippen molar-refractivity contribution in [2.75, 3.05) is 25.4 Å². The summed E-state index contributed by atoms with van der Waals surface area (Å²) in [6.45, 7) is 9.80. The summed E-state index contributed by atoms with van der Waals surface area (Å²) in [6.07, 6.45) is 1.85. The standard InChI is InChI=1S/C14H24N4O2S2/c1-5-15-13(17-9-12-16-8-11(2)21-12)18-6-7-22(19,20)14(3,4)10-18/h8H,5-7,9-10H2,1-4H3,(H,15,17). The molecule has 0 atom stereocenters. The first kappa shape index (κ1) is 17.2. The molecule has 0 aromatic carbocycles. The van der Waals surface area contributed by atoms with Gasteiger partial charge in [0.1, 0.15) is 5.01 Å². The van der Waals surface area contributed by atoms with Gasteiger partial charge < -0.3 is 10.2 Å². The molecule has 2 heterocycles. The number of guanidine groups is 1. The van der Waals surface area contributed by atoms with Crippen LogP contribution in [0, 0.1) is 6.92 Å². The molecule has 1 aliphatic rings. The van der Waals surface area contributed by atoms with E-state index in [0.29, 0.717) is 19.6 Å². The molecule has 0 unspecified atom stereocenters. The molecule has 0 amide bonds. The van der Waals surface area contributed by atoms with Gasteiger partial charge in [0.2, 0.25) is 0 Å². The maximum absolute atomic E-state index is 12.1. The van der Waals surface area contributed by atoms with Gasteiger partial charge in [0.05, 0.1) is 17.0 Å². The van der Waals surface area contributed by atoms with Crippen molar-refractivity contribution in [1.82, 2.24) is 15.2 Å². The summed E-state index contributed by atoms with van der Waals surface area (Å²) in [5, 5.41) is 4.22. The first-order valence-corrected chi connectivity index (χ1v) is 9.89. The van der Waals surface area contributed by atoms with E-state index in [2.05, 4.69) is 15.3 Å². The molecule has 1 aromatic rings. The largest absolute Gasteiger partial charge is 0.357 e. The van der Waals surface area contributed by atoms with Crippen LogP contribution in [0.4, 0.5) is 0 Å². The highest BCUT2D eigenvalue weighted by atomic mass is 32.2. The Balaban J connectivity index is 2.14. The summed E-state index contributed by atoms with van der Waals surface area (Å²) >= 11 is 1.63. The summed E-state index contributed by atoms with van der Waals surface area (Å²) in [5.41, 5.74) is 0. The molecule has 0 bridgehead atoms. The number of nitrogens with one attached hydrogen (secondary N) is 1. The Morgan fingerprint density at radius 2 is 2.27 bits per heavy atom. The molecule has 6 nitrogen and oxygen atoms in total. The predicted molar refractivity (Wildman–Crippen MR) is 91.1 cm³/mol. The third-order valence-electron chi connectivity index (χ3n) is 3.71. The van der Waals surface area contributed by atoms with Crippen LogP contribution in [-0.2, 0) is 16.4 Å². The molecule has 0 saturated carbocycles. The van der Waals surface area contributed by atoms with Gasteiger partial charge in [-0.25, -0.2) is 18.4 Å². The van der Waals surface area contributed by atoms with Crippen molar-refractivity contribution in [1.29, 1.82) is 0 Å². The Morgan fingerprint density at radius 1 is 1.55 bits per heavy atom. The van der Waals surface area contributed by atoms with Crippen LogP contribution in [0.5, 0.6) is 0 Å². The van der Waals surface area contributed by atoms with E-state index in [9.17, 15) is 8.42 Å². The zero-order valence-corrected chi connectivity index (χ0v) is 15.2. The van der Waals surface area contributed by atoms with Crippen LogP contribution >= 0.6 is 11.3 Å². The van der Waals surface area contributed by atoms with Crippen molar-refractivity contribution in [3.63, 3.8) is 0 Å². The van der Waals surface area contributed by atoms with Gasteiger partial charge >= 0.3 is 0 Å².